The highest BCUT2D eigenvalue weighted by atomic mass is 35.5. The molecule has 1 aliphatic rings. The summed E-state index contributed by atoms with van der Waals surface area (Å²) in [6, 6.07) is 5.94. The summed E-state index contributed by atoms with van der Waals surface area (Å²) in [6.07, 6.45) is 1.81. The number of nitrogens with zero attached hydrogens (tertiary/aromatic N) is 3. The number of hydrogen-bond acceptors (Lipinski definition) is 5. The molecule has 8 heteroatoms. The Morgan fingerprint density at radius 2 is 1.91 bits per heavy atom. The lowest BCUT2D eigenvalue weighted by atomic mass is 10.1. The Kier molecular flexibility index (Phi) is 9.46. The lowest BCUT2D eigenvalue weighted by Crippen LogP contribution is -2.54. The molecule has 3 N–H and O–H groups in total. The summed E-state index contributed by atoms with van der Waals surface area (Å²) >= 11 is 0. The lowest BCUT2D eigenvalue weighted by molar-refractivity contribution is -0.123. The van der Waals surface area contributed by atoms with E-state index in [0.717, 1.165) is 32.0 Å². The molecule has 0 aliphatic carbocycles. The number of aromatic nitrogens is 1. The number of pyridine rings is 1. The van der Waals surface area contributed by atoms with Gasteiger partial charge in [-0.1, -0.05) is 6.07 Å². The Balaban J connectivity index is 0.00000242. The second kappa shape index (κ2) is 9.93. The molecule has 0 radical (unpaired) electrons. The molecule has 1 fully saturated rings. The van der Waals surface area contributed by atoms with Crippen LogP contribution in [0.15, 0.2) is 24.4 Å². The first-order chi connectivity index (χ1) is 10.00. The zero-order valence-electron chi connectivity index (χ0n) is 13.7. The van der Waals surface area contributed by atoms with Gasteiger partial charge in [0.1, 0.15) is 5.82 Å². The van der Waals surface area contributed by atoms with Gasteiger partial charge in [-0.05, 0) is 26.0 Å². The predicted molar refractivity (Wildman–Crippen MR) is 98.7 cm³/mol. The topological polar surface area (TPSA) is 74.5 Å². The molecule has 1 aliphatic heterocycles. The van der Waals surface area contributed by atoms with Crippen molar-refractivity contribution in [2.45, 2.75) is 19.4 Å². The van der Waals surface area contributed by atoms with Crippen LogP contribution in [-0.4, -0.2) is 60.6 Å². The van der Waals surface area contributed by atoms with E-state index in [9.17, 15) is 4.79 Å². The van der Waals surface area contributed by atoms with Crippen LogP contribution in [0.3, 0.4) is 0 Å². The predicted octanol–water partition coefficient (Wildman–Crippen LogP) is 0.901. The number of rotatable bonds is 5. The molecule has 2 rings (SSSR count). The van der Waals surface area contributed by atoms with Gasteiger partial charge in [-0.15, -0.1) is 24.8 Å². The molecule has 1 aromatic rings. The minimum absolute atomic E-state index is 0. The van der Waals surface area contributed by atoms with Gasteiger partial charge < -0.3 is 16.0 Å². The molecule has 132 valence electrons. The number of nitrogens with two attached hydrogens (primary N) is 1. The van der Waals surface area contributed by atoms with Gasteiger partial charge in [0, 0.05) is 44.5 Å². The maximum Gasteiger partial charge on any atom is 0.234 e. The van der Waals surface area contributed by atoms with Gasteiger partial charge in [0.25, 0.3) is 0 Å². The average molecular weight is 364 g/mol. The van der Waals surface area contributed by atoms with Gasteiger partial charge in [-0.25, -0.2) is 4.98 Å². The number of halogens is 2. The molecule has 23 heavy (non-hydrogen) atoms. The number of carbonyl (C=O) groups excluding carboxylic acids is 1. The van der Waals surface area contributed by atoms with Crippen LogP contribution >= 0.6 is 24.8 Å². The minimum Gasteiger partial charge on any atom is -0.354 e. The zero-order chi connectivity index (χ0) is 15.3. The third kappa shape index (κ3) is 6.91. The van der Waals surface area contributed by atoms with Gasteiger partial charge in [0.2, 0.25) is 5.91 Å². The van der Waals surface area contributed by atoms with Crippen LogP contribution in [0.1, 0.15) is 13.8 Å². The monoisotopic (exact) mass is 363 g/mol. The molecule has 2 heterocycles. The average Bonchev–Trinajstić information content (AvgIpc) is 2.48. The molecular weight excluding hydrogens is 337 g/mol. The Morgan fingerprint density at radius 1 is 1.26 bits per heavy atom. The van der Waals surface area contributed by atoms with E-state index >= 15 is 0 Å². The molecule has 0 spiro atoms. The van der Waals surface area contributed by atoms with Crippen molar-refractivity contribution >= 4 is 36.5 Å². The number of piperazine rings is 1. The fraction of sp³-hybridized carbons (Fsp3) is 0.600. The van der Waals surface area contributed by atoms with Gasteiger partial charge in [-0.3, -0.25) is 9.69 Å². The Labute approximate surface area is 150 Å². The SMILES string of the molecule is CC(C)(CN)NC(=O)CN1CCN(c2ccccn2)CC1.Cl.Cl. The number of amides is 1. The molecule has 0 aromatic carbocycles. The molecule has 0 unspecified atom stereocenters. The largest absolute Gasteiger partial charge is 0.354 e. The van der Waals surface area contributed by atoms with Crippen molar-refractivity contribution in [3.8, 4) is 0 Å². The van der Waals surface area contributed by atoms with E-state index in [1.54, 1.807) is 0 Å². The van der Waals surface area contributed by atoms with Crippen LogP contribution in [0.4, 0.5) is 5.82 Å². The summed E-state index contributed by atoms with van der Waals surface area (Å²) in [5.74, 6) is 1.04. The van der Waals surface area contributed by atoms with Crippen LogP contribution in [0.2, 0.25) is 0 Å². The molecule has 0 bridgehead atoms. The van der Waals surface area contributed by atoms with Crippen molar-refractivity contribution in [2.24, 2.45) is 5.73 Å². The maximum absolute atomic E-state index is 12.0. The normalized spacial score (nSPS) is 15.3. The Morgan fingerprint density at radius 3 is 2.43 bits per heavy atom. The first-order valence-corrected chi connectivity index (χ1v) is 7.39. The molecule has 1 aromatic heterocycles. The smallest absolute Gasteiger partial charge is 0.234 e. The molecule has 1 amide bonds. The van der Waals surface area contributed by atoms with Gasteiger partial charge in [0.15, 0.2) is 0 Å². The number of anilines is 1. The Hall–Kier alpha value is -1.08. The quantitative estimate of drug-likeness (QED) is 0.812. The third-order valence-electron chi connectivity index (χ3n) is 3.70. The van der Waals surface area contributed by atoms with Crippen LogP contribution in [-0.2, 0) is 4.79 Å². The number of carbonyl (C=O) groups is 1. The fourth-order valence-corrected chi connectivity index (χ4v) is 2.35. The summed E-state index contributed by atoms with van der Waals surface area (Å²) in [6.45, 7) is 8.26. The van der Waals surface area contributed by atoms with E-state index < -0.39 is 0 Å². The standard InChI is InChI=1S/C15H25N5O.2ClH/c1-15(2,12-16)18-14(21)11-19-7-9-20(10-8-19)13-5-3-4-6-17-13;;/h3-6H,7-12,16H2,1-2H3,(H,18,21);2*1H. The second-order valence-electron chi connectivity index (χ2n) is 6.09. The van der Waals surface area contributed by atoms with Crippen molar-refractivity contribution in [1.29, 1.82) is 0 Å². The summed E-state index contributed by atoms with van der Waals surface area (Å²) in [4.78, 5) is 20.8. The third-order valence-corrected chi connectivity index (χ3v) is 3.70. The van der Waals surface area contributed by atoms with Crippen molar-refractivity contribution in [2.75, 3.05) is 44.2 Å². The minimum atomic E-state index is -0.340. The molecule has 6 nitrogen and oxygen atoms in total. The summed E-state index contributed by atoms with van der Waals surface area (Å²) in [7, 11) is 0. The van der Waals surface area contributed by atoms with E-state index in [0.29, 0.717) is 13.1 Å². The molecule has 0 saturated carbocycles. The maximum atomic E-state index is 12.0. The van der Waals surface area contributed by atoms with Crippen molar-refractivity contribution in [1.82, 2.24) is 15.2 Å². The van der Waals surface area contributed by atoms with E-state index in [-0.39, 0.29) is 36.3 Å². The molecule has 0 atom stereocenters. The van der Waals surface area contributed by atoms with Crippen molar-refractivity contribution < 1.29 is 4.79 Å². The first-order valence-electron chi connectivity index (χ1n) is 7.39. The summed E-state index contributed by atoms with van der Waals surface area (Å²) < 4.78 is 0. The fourth-order valence-electron chi connectivity index (χ4n) is 2.35. The van der Waals surface area contributed by atoms with E-state index in [1.807, 2.05) is 38.2 Å². The number of nitrogens with one attached hydrogen (secondary N) is 1. The van der Waals surface area contributed by atoms with Gasteiger partial charge in [0.05, 0.1) is 6.54 Å². The Bertz CT molecular complexity index is 464. The van der Waals surface area contributed by atoms with Crippen molar-refractivity contribution in [3.63, 3.8) is 0 Å². The van der Waals surface area contributed by atoms with Gasteiger partial charge in [-0.2, -0.15) is 0 Å². The highest BCUT2D eigenvalue weighted by molar-refractivity contribution is 5.85. The van der Waals surface area contributed by atoms with Crippen LogP contribution in [0.5, 0.6) is 0 Å². The highest BCUT2D eigenvalue weighted by Gasteiger charge is 2.23. The van der Waals surface area contributed by atoms with Gasteiger partial charge >= 0.3 is 0 Å². The van der Waals surface area contributed by atoms with Crippen LogP contribution in [0, 0.1) is 0 Å². The molecular formula is C15H27Cl2N5O. The van der Waals surface area contributed by atoms with E-state index in [1.165, 1.54) is 0 Å². The zero-order valence-corrected chi connectivity index (χ0v) is 15.3. The summed E-state index contributed by atoms with van der Waals surface area (Å²) in [5, 5.41) is 2.96. The molecule has 1 saturated heterocycles. The highest BCUT2D eigenvalue weighted by Crippen LogP contribution is 2.12. The summed E-state index contributed by atoms with van der Waals surface area (Å²) in [5.41, 5.74) is 5.29. The van der Waals surface area contributed by atoms with Crippen LogP contribution in [0.25, 0.3) is 0 Å². The second-order valence-corrected chi connectivity index (χ2v) is 6.09. The van der Waals surface area contributed by atoms with E-state index in [4.69, 9.17) is 5.73 Å². The first kappa shape index (κ1) is 21.9. The van der Waals surface area contributed by atoms with E-state index in [2.05, 4.69) is 20.1 Å². The lowest BCUT2D eigenvalue weighted by Gasteiger charge is -2.35. The number of hydrogen-bond donors (Lipinski definition) is 2. The van der Waals surface area contributed by atoms with Crippen LogP contribution < -0.4 is 16.0 Å². The van der Waals surface area contributed by atoms with Crippen molar-refractivity contribution in [3.05, 3.63) is 24.4 Å².